The summed E-state index contributed by atoms with van der Waals surface area (Å²) in [5.74, 6) is 0. The van der Waals surface area contributed by atoms with Crippen LogP contribution in [-0.2, 0) is 0 Å². The van der Waals surface area contributed by atoms with Crippen LogP contribution in [0.3, 0.4) is 0 Å². The molecule has 0 amide bonds. The fraction of sp³-hybridized carbons (Fsp3) is 0.533. The lowest BCUT2D eigenvalue weighted by Gasteiger charge is -2.46. The molecule has 1 aliphatic rings. The number of likely N-dealkylation sites (N-methyl/N-ethyl adjacent to an activating group) is 1. The van der Waals surface area contributed by atoms with Crippen molar-refractivity contribution in [3.63, 3.8) is 0 Å². The number of carbonyl (C=O) groups excluding carboxylic acids is 1. The number of nitrogens with zero attached hydrogens (tertiary/aromatic N) is 2. The summed E-state index contributed by atoms with van der Waals surface area (Å²) in [5, 5.41) is 0. The standard InChI is InChI=1S/C15H22N2O/c1-12-5-6-14(13(9-12)10-18)17-8-7-16(4)15(2,3)11-17/h5-6,9-10H,7-8,11H2,1-4H3. The number of carbonyl (C=O) groups is 1. The maximum absolute atomic E-state index is 11.2. The van der Waals surface area contributed by atoms with Gasteiger partial charge in [0.25, 0.3) is 0 Å². The first-order chi connectivity index (χ1) is 8.44. The first kappa shape index (κ1) is 13.1. The summed E-state index contributed by atoms with van der Waals surface area (Å²) < 4.78 is 0. The lowest BCUT2D eigenvalue weighted by Crippen LogP contribution is -2.57. The van der Waals surface area contributed by atoms with E-state index in [1.54, 1.807) is 0 Å². The van der Waals surface area contributed by atoms with E-state index in [0.29, 0.717) is 0 Å². The molecule has 1 saturated heterocycles. The predicted octanol–water partition coefficient (Wildman–Crippen LogP) is 2.34. The number of hydrogen-bond donors (Lipinski definition) is 0. The van der Waals surface area contributed by atoms with E-state index in [0.717, 1.165) is 42.7 Å². The van der Waals surface area contributed by atoms with Crippen molar-refractivity contribution in [2.75, 3.05) is 31.6 Å². The lowest BCUT2D eigenvalue weighted by molar-refractivity contribution is 0.112. The monoisotopic (exact) mass is 246 g/mol. The molecule has 1 aromatic carbocycles. The molecule has 1 heterocycles. The molecule has 0 aliphatic carbocycles. The molecule has 0 saturated carbocycles. The Labute approximate surface area is 109 Å². The van der Waals surface area contributed by atoms with Crippen LogP contribution in [0.1, 0.15) is 29.8 Å². The van der Waals surface area contributed by atoms with Crippen molar-refractivity contribution in [2.24, 2.45) is 0 Å². The molecule has 98 valence electrons. The summed E-state index contributed by atoms with van der Waals surface area (Å²) in [6.45, 7) is 9.46. The Kier molecular flexibility index (Phi) is 3.44. The molecule has 0 radical (unpaired) electrons. The maximum atomic E-state index is 11.2. The van der Waals surface area contributed by atoms with Gasteiger partial charge >= 0.3 is 0 Å². The smallest absolute Gasteiger partial charge is 0.152 e. The van der Waals surface area contributed by atoms with E-state index in [2.05, 4.69) is 42.8 Å². The quantitative estimate of drug-likeness (QED) is 0.748. The van der Waals surface area contributed by atoms with Crippen LogP contribution in [0, 0.1) is 6.92 Å². The normalized spacial score (nSPS) is 19.9. The average Bonchev–Trinajstić information content (AvgIpc) is 2.32. The van der Waals surface area contributed by atoms with Crippen molar-refractivity contribution in [1.29, 1.82) is 0 Å². The van der Waals surface area contributed by atoms with Gasteiger partial charge in [-0.3, -0.25) is 9.69 Å². The van der Waals surface area contributed by atoms with Crippen molar-refractivity contribution in [3.8, 4) is 0 Å². The summed E-state index contributed by atoms with van der Waals surface area (Å²) in [6, 6.07) is 6.11. The van der Waals surface area contributed by atoms with Gasteiger partial charge in [-0.2, -0.15) is 0 Å². The minimum Gasteiger partial charge on any atom is -0.368 e. The van der Waals surface area contributed by atoms with Gasteiger partial charge in [0, 0.05) is 36.4 Å². The van der Waals surface area contributed by atoms with Crippen molar-refractivity contribution in [3.05, 3.63) is 29.3 Å². The Bertz CT molecular complexity index is 454. The minimum atomic E-state index is 0.142. The maximum Gasteiger partial charge on any atom is 0.152 e. The van der Waals surface area contributed by atoms with Gasteiger partial charge in [-0.25, -0.2) is 0 Å². The third kappa shape index (κ3) is 2.41. The highest BCUT2D eigenvalue weighted by atomic mass is 16.1. The second kappa shape index (κ2) is 4.73. The number of anilines is 1. The number of hydrogen-bond acceptors (Lipinski definition) is 3. The summed E-state index contributed by atoms with van der Waals surface area (Å²) >= 11 is 0. The summed E-state index contributed by atoms with van der Waals surface area (Å²) in [4.78, 5) is 15.9. The molecule has 0 spiro atoms. The Morgan fingerprint density at radius 3 is 2.61 bits per heavy atom. The minimum absolute atomic E-state index is 0.142. The number of aldehydes is 1. The zero-order valence-corrected chi connectivity index (χ0v) is 11.7. The second-order valence-electron chi connectivity index (χ2n) is 5.84. The van der Waals surface area contributed by atoms with E-state index in [9.17, 15) is 4.79 Å². The molecule has 1 aromatic rings. The predicted molar refractivity (Wildman–Crippen MR) is 75.5 cm³/mol. The van der Waals surface area contributed by atoms with Crippen molar-refractivity contribution in [2.45, 2.75) is 26.3 Å². The van der Waals surface area contributed by atoms with Gasteiger partial charge in [-0.05, 0) is 40.0 Å². The van der Waals surface area contributed by atoms with Crippen molar-refractivity contribution in [1.82, 2.24) is 4.90 Å². The number of aryl methyl sites for hydroxylation is 1. The topological polar surface area (TPSA) is 23.6 Å². The Balaban J connectivity index is 2.30. The zero-order valence-electron chi connectivity index (χ0n) is 11.7. The Morgan fingerprint density at radius 2 is 2.00 bits per heavy atom. The molecule has 0 aromatic heterocycles. The summed E-state index contributed by atoms with van der Waals surface area (Å²) in [6.07, 6.45) is 0.966. The Morgan fingerprint density at radius 1 is 1.28 bits per heavy atom. The molecule has 3 nitrogen and oxygen atoms in total. The third-order valence-electron chi connectivity index (χ3n) is 3.97. The van der Waals surface area contributed by atoms with E-state index in [1.807, 2.05) is 13.0 Å². The van der Waals surface area contributed by atoms with E-state index in [1.165, 1.54) is 0 Å². The van der Waals surface area contributed by atoms with Crippen LogP contribution in [0.5, 0.6) is 0 Å². The summed E-state index contributed by atoms with van der Waals surface area (Å²) in [7, 11) is 2.16. The van der Waals surface area contributed by atoms with E-state index in [4.69, 9.17) is 0 Å². The van der Waals surface area contributed by atoms with E-state index < -0.39 is 0 Å². The number of benzene rings is 1. The first-order valence-electron chi connectivity index (χ1n) is 6.46. The van der Waals surface area contributed by atoms with E-state index in [-0.39, 0.29) is 5.54 Å². The zero-order chi connectivity index (χ0) is 13.3. The van der Waals surface area contributed by atoms with Gasteiger partial charge in [0.1, 0.15) is 0 Å². The highest BCUT2D eigenvalue weighted by Gasteiger charge is 2.31. The highest BCUT2D eigenvalue weighted by Crippen LogP contribution is 2.27. The van der Waals surface area contributed by atoms with Gasteiger partial charge in [0.05, 0.1) is 0 Å². The average molecular weight is 246 g/mol. The largest absolute Gasteiger partial charge is 0.368 e. The number of rotatable bonds is 2. The lowest BCUT2D eigenvalue weighted by atomic mass is 9.98. The Hall–Kier alpha value is -1.35. The van der Waals surface area contributed by atoms with E-state index >= 15 is 0 Å². The van der Waals surface area contributed by atoms with Crippen LogP contribution in [0.15, 0.2) is 18.2 Å². The molecule has 1 fully saturated rings. The molecule has 0 atom stereocenters. The van der Waals surface area contributed by atoms with Gasteiger partial charge in [-0.1, -0.05) is 11.6 Å². The molecule has 0 N–H and O–H groups in total. The van der Waals surface area contributed by atoms with Crippen LogP contribution in [0.4, 0.5) is 5.69 Å². The second-order valence-corrected chi connectivity index (χ2v) is 5.84. The van der Waals surface area contributed by atoms with Gasteiger partial charge in [0.2, 0.25) is 0 Å². The van der Waals surface area contributed by atoms with Crippen LogP contribution < -0.4 is 4.90 Å². The third-order valence-corrected chi connectivity index (χ3v) is 3.97. The molecule has 18 heavy (non-hydrogen) atoms. The molecule has 0 unspecified atom stereocenters. The van der Waals surface area contributed by atoms with Gasteiger partial charge < -0.3 is 4.90 Å². The van der Waals surface area contributed by atoms with Crippen molar-refractivity contribution >= 4 is 12.0 Å². The van der Waals surface area contributed by atoms with Crippen LogP contribution in [-0.4, -0.2) is 43.4 Å². The fourth-order valence-electron chi connectivity index (χ4n) is 2.50. The van der Waals surface area contributed by atoms with Gasteiger partial charge in [0.15, 0.2) is 6.29 Å². The van der Waals surface area contributed by atoms with Crippen LogP contribution in [0.2, 0.25) is 0 Å². The highest BCUT2D eigenvalue weighted by molar-refractivity contribution is 5.85. The van der Waals surface area contributed by atoms with Crippen molar-refractivity contribution < 1.29 is 4.79 Å². The molecule has 1 aliphatic heterocycles. The molecular weight excluding hydrogens is 224 g/mol. The van der Waals surface area contributed by atoms with Gasteiger partial charge in [-0.15, -0.1) is 0 Å². The molecular formula is C15H22N2O. The molecule has 3 heteroatoms. The van der Waals surface area contributed by atoms with Crippen LogP contribution >= 0.6 is 0 Å². The number of piperazine rings is 1. The summed E-state index contributed by atoms with van der Waals surface area (Å²) in [5.41, 5.74) is 3.14. The SMILES string of the molecule is Cc1ccc(N2CCN(C)C(C)(C)C2)c(C=O)c1. The molecule has 2 rings (SSSR count). The first-order valence-corrected chi connectivity index (χ1v) is 6.46. The van der Waals surface area contributed by atoms with Crippen LogP contribution in [0.25, 0.3) is 0 Å². The fourth-order valence-corrected chi connectivity index (χ4v) is 2.50. The molecule has 0 bridgehead atoms.